The van der Waals surface area contributed by atoms with E-state index in [1.807, 2.05) is 11.8 Å². The lowest BCUT2D eigenvalue weighted by Gasteiger charge is -2.34. The molecule has 158 valence electrons. The Morgan fingerprint density at radius 3 is 2.29 bits per heavy atom. The molecule has 1 heterocycles. The van der Waals surface area contributed by atoms with Gasteiger partial charge in [0.25, 0.3) is 0 Å². The van der Waals surface area contributed by atoms with Crippen LogP contribution in [0.5, 0.6) is 0 Å². The number of hydrogen-bond donors (Lipinski definition) is 2. The van der Waals surface area contributed by atoms with Crippen molar-refractivity contribution in [3.63, 3.8) is 0 Å². The van der Waals surface area contributed by atoms with Crippen LogP contribution in [-0.2, 0) is 13.1 Å². The van der Waals surface area contributed by atoms with E-state index in [-0.39, 0.29) is 0 Å². The Morgan fingerprint density at radius 1 is 0.964 bits per heavy atom. The Labute approximate surface area is 176 Å². The van der Waals surface area contributed by atoms with E-state index in [0.717, 1.165) is 32.1 Å². The quantitative estimate of drug-likeness (QED) is 0.337. The number of rotatable bonds is 11. The van der Waals surface area contributed by atoms with Crippen molar-refractivity contribution < 1.29 is 0 Å². The maximum Gasteiger partial charge on any atom is 0.191 e. The second-order valence-electron chi connectivity index (χ2n) is 7.35. The van der Waals surface area contributed by atoms with Crippen molar-refractivity contribution >= 4 is 17.7 Å². The van der Waals surface area contributed by atoms with Crippen LogP contribution < -0.4 is 10.6 Å². The molecule has 0 bridgehead atoms. The lowest BCUT2D eigenvalue weighted by atomic mass is 10.1. The van der Waals surface area contributed by atoms with Gasteiger partial charge in [-0.3, -0.25) is 4.90 Å². The van der Waals surface area contributed by atoms with Gasteiger partial charge < -0.3 is 15.5 Å². The van der Waals surface area contributed by atoms with E-state index in [0.29, 0.717) is 0 Å². The van der Waals surface area contributed by atoms with Crippen LogP contribution >= 0.6 is 11.8 Å². The zero-order valence-corrected chi connectivity index (χ0v) is 18.9. The molecule has 5 nitrogen and oxygen atoms in total. The molecule has 0 unspecified atom stereocenters. The van der Waals surface area contributed by atoms with Crippen molar-refractivity contribution in [1.82, 2.24) is 20.4 Å². The van der Waals surface area contributed by atoms with E-state index in [4.69, 9.17) is 4.99 Å². The molecule has 0 saturated carbocycles. The molecular formula is C22H39N5S. The summed E-state index contributed by atoms with van der Waals surface area (Å²) in [6.45, 7) is 13.9. The van der Waals surface area contributed by atoms with E-state index in [2.05, 4.69) is 64.8 Å². The summed E-state index contributed by atoms with van der Waals surface area (Å²) in [4.78, 5) is 9.82. The summed E-state index contributed by atoms with van der Waals surface area (Å²) in [5, 5.41) is 6.78. The molecule has 28 heavy (non-hydrogen) atoms. The molecule has 1 fully saturated rings. The van der Waals surface area contributed by atoms with Gasteiger partial charge in [-0.2, -0.15) is 11.8 Å². The Morgan fingerprint density at radius 2 is 1.64 bits per heavy atom. The predicted molar refractivity (Wildman–Crippen MR) is 124 cm³/mol. The number of guanidine groups is 1. The van der Waals surface area contributed by atoms with Gasteiger partial charge in [0.05, 0.1) is 6.54 Å². The fourth-order valence-corrected chi connectivity index (χ4v) is 3.85. The minimum absolute atomic E-state index is 0.718. The van der Waals surface area contributed by atoms with Gasteiger partial charge in [-0.1, -0.05) is 31.2 Å². The molecule has 1 saturated heterocycles. The van der Waals surface area contributed by atoms with Gasteiger partial charge in [0, 0.05) is 45.8 Å². The van der Waals surface area contributed by atoms with Crippen LogP contribution in [0.4, 0.5) is 0 Å². The van der Waals surface area contributed by atoms with Gasteiger partial charge in [0.15, 0.2) is 5.96 Å². The molecule has 0 spiro atoms. The Bertz CT molecular complexity index is 553. The number of piperazine rings is 1. The molecule has 1 aromatic rings. The van der Waals surface area contributed by atoms with Crippen LogP contribution in [0, 0.1) is 0 Å². The first-order chi connectivity index (χ1) is 13.7. The lowest BCUT2D eigenvalue weighted by molar-refractivity contribution is 0.132. The smallest absolute Gasteiger partial charge is 0.191 e. The average Bonchev–Trinajstić information content (AvgIpc) is 2.73. The summed E-state index contributed by atoms with van der Waals surface area (Å²) in [5.41, 5.74) is 2.66. The number of hydrogen-bond acceptors (Lipinski definition) is 4. The summed E-state index contributed by atoms with van der Waals surface area (Å²) < 4.78 is 0. The minimum atomic E-state index is 0.718. The van der Waals surface area contributed by atoms with Gasteiger partial charge >= 0.3 is 0 Å². The number of benzene rings is 1. The van der Waals surface area contributed by atoms with Crippen molar-refractivity contribution in [3.05, 3.63) is 35.4 Å². The van der Waals surface area contributed by atoms with Crippen LogP contribution in [-0.4, -0.2) is 73.6 Å². The highest BCUT2D eigenvalue weighted by Gasteiger charge is 2.15. The normalized spacial score (nSPS) is 16.3. The molecule has 1 aliphatic rings. The van der Waals surface area contributed by atoms with E-state index < -0.39 is 0 Å². The average molecular weight is 406 g/mol. The SMILES string of the molecule is CCNC(=NCc1ccc(CN2CCN(CC)CC2)cc1)NCCCCSC. The topological polar surface area (TPSA) is 42.9 Å². The van der Waals surface area contributed by atoms with Gasteiger partial charge in [-0.15, -0.1) is 0 Å². The molecule has 2 N–H and O–H groups in total. The van der Waals surface area contributed by atoms with Gasteiger partial charge in [0.2, 0.25) is 0 Å². The third-order valence-corrected chi connectivity index (χ3v) is 5.87. The summed E-state index contributed by atoms with van der Waals surface area (Å²) in [5.74, 6) is 2.15. The molecule has 1 aromatic carbocycles. The third-order valence-electron chi connectivity index (χ3n) is 5.17. The number of thioether (sulfide) groups is 1. The number of likely N-dealkylation sites (N-methyl/N-ethyl adjacent to an activating group) is 1. The van der Waals surface area contributed by atoms with Crippen LogP contribution in [0.25, 0.3) is 0 Å². The number of nitrogens with one attached hydrogen (secondary N) is 2. The fraction of sp³-hybridized carbons (Fsp3) is 0.682. The largest absolute Gasteiger partial charge is 0.357 e. The van der Waals surface area contributed by atoms with E-state index in [1.165, 1.54) is 62.4 Å². The van der Waals surface area contributed by atoms with Crippen LogP contribution in [0.3, 0.4) is 0 Å². The number of nitrogens with zero attached hydrogens (tertiary/aromatic N) is 3. The van der Waals surface area contributed by atoms with Crippen LogP contribution in [0.15, 0.2) is 29.3 Å². The molecule has 0 aliphatic carbocycles. The third kappa shape index (κ3) is 8.84. The van der Waals surface area contributed by atoms with Gasteiger partial charge in [0.1, 0.15) is 0 Å². The second-order valence-corrected chi connectivity index (χ2v) is 8.33. The Kier molecular flexibility index (Phi) is 11.4. The minimum Gasteiger partial charge on any atom is -0.357 e. The molecule has 1 aliphatic heterocycles. The lowest BCUT2D eigenvalue weighted by Crippen LogP contribution is -2.45. The molecule has 0 radical (unpaired) electrons. The fourth-order valence-electron chi connectivity index (χ4n) is 3.36. The van der Waals surface area contributed by atoms with Crippen molar-refractivity contribution in [2.75, 3.05) is 57.8 Å². The molecule has 0 aromatic heterocycles. The van der Waals surface area contributed by atoms with E-state index in [9.17, 15) is 0 Å². The highest BCUT2D eigenvalue weighted by molar-refractivity contribution is 7.98. The standard InChI is InChI=1S/C22H39N5S/c1-4-23-22(24-12-6-7-17-28-3)25-18-20-8-10-21(11-9-20)19-27-15-13-26(5-2)14-16-27/h8-11H,4-7,12-19H2,1-3H3,(H2,23,24,25). The van der Waals surface area contributed by atoms with Crippen molar-refractivity contribution in [2.24, 2.45) is 4.99 Å². The van der Waals surface area contributed by atoms with Crippen LogP contribution in [0.1, 0.15) is 37.8 Å². The number of unbranched alkanes of at least 4 members (excludes halogenated alkanes) is 1. The van der Waals surface area contributed by atoms with Gasteiger partial charge in [-0.25, -0.2) is 4.99 Å². The first-order valence-corrected chi connectivity index (χ1v) is 12.2. The molecule has 2 rings (SSSR count). The summed E-state index contributed by atoms with van der Waals surface area (Å²) >= 11 is 1.91. The molecule has 0 amide bonds. The maximum atomic E-state index is 4.74. The van der Waals surface area contributed by atoms with Crippen molar-refractivity contribution in [2.45, 2.75) is 39.8 Å². The van der Waals surface area contributed by atoms with E-state index >= 15 is 0 Å². The van der Waals surface area contributed by atoms with Gasteiger partial charge in [-0.05, 0) is 49.4 Å². The van der Waals surface area contributed by atoms with Crippen molar-refractivity contribution in [3.8, 4) is 0 Å². The summed E-state index contributed by atoms with van der Waals surface area (Å²) in [7, 11) is 0. The monoisotopic (exact) mass is 405 g/mol. The summed E-state index contributed by atoms with van der Waals surface area (Å²) in [6.07, 6.45) is 4.60. The number of aliphatic imine (C=N–C) groups is 1. The zero-order chi connectivity index (χ0) is 20.0. The highest BCUT2D eigenvalue weighted by atomic mass is 32.2. The summed E-state index contributed by atoms with van der Waals surface area (Å²) in [6, 6.07) is 8.98. The molecular weight excluding hydrogens is 366 g/mol. The Hall–Kier alpha value is -1.24. The highest BCUT2D eigenvalue weighted by Crippen LogP contribution is 2.11. The predicted octanol–water partition coefficient (Wildman–Crippen LogP) is 3.02. The first kappa shape index (κ1) is 23.0. The van der Waals surface area contributed by atoms with E-state index in [1.54, 1.807) is 0 Å². The second kappa shape index (κ2) is 13.9. The molecule has 0 atom stereocenters. The van der Waals surface area contributed by atoms with Crippen LogP contribution in [0.2, 0.25) is 0 Å². The first-order valence-electron chi connectivity index (χ1n) is 10.8. The Balaban J connectivity index is 1.77. The molecule has 6 heteroatoms. The maximum absolute atomic E-state index is 4.74. The zero-order valence-electron chi connectivity index (χ0n) is 18.0. The van der Waals surface area contributed by atoms with Crippen molar-refractivity contribution in [1.29, 1.82) is 0 Å².